The number of halogens is 2. The number of likely N-dealkylation sites (tertiary alicyclic amines) is 1. The van der Waals surface area contributed by atoms with Gasteiger partial charge >= 0.3 is 0 Å². The minimum atomic E-state index is -0.976. The first-order valence-electron chi connectivity index (χ1n) is 7.83. The van der Waals surface area contributed by atoms with Gasteiger partial charge in [0.05, 0.1) is 6.10 Å². The molecule has 118 valence electrons. The molecule has 0 aliphatic carbocycles. The van der Waals surface area contributed by atoms with Crippen molar-refractivity contribution in [3.63, 3.8) is 0 Å². The van der Waals surface area contributed by atoms with Gasteiger partial charge in [-0.2, -0.15) is 0 Å². The van der Waals surface area contributed by atoms with Crippen LogP contribution in [0, 0.1) is 23.5 Å². The first-order chi connectivity index (χ1) is 9.99. The number of aliphatic hydroxyl groups excluding tert-OH is 1. The summed E-state index contributed by atoms with van der Waals surface area (Å²) < 4.78 is 26.9. The van der Waals surface area contributed by atoms with Crippen LogP contribution in [0.15, 0.2) is 18.2 Å². The predicted molar refractivity (Wildman–Crippen MR) is 79.9 cm³/mol. The largest absolute Gasteiger partial charge is 0.387 e. The molecule has 0 saturated carbocycles. The first kappa shape index (κ1) is 16.4. The Morgan fingerprint density at radius 1 is 1.24 bits per heavy atom. The van der Waals surface area contributed by atoms with Gasteiger partial charge in [0.2, 0.25) is 0 Å². The Hall–Kier alpha value is -1.00. The molecule has 2 unspecified atom stereocenters. The zero-order valence-corrected chi connectivity index (χ0v) is 12.9. The van der Waals surface area contributed by atoms with Crippen LogP contribution in [0.5, 0.6) is 0 Å². The highest BCUT2D eigenvalue weighted by Crippen LogP contribution is 2.26. The number of hydrogen-bond donors (Lipinski definition) is 1. The minimum absolute atomic E-state index is 0.0552. The molecule has 2 atom stereocenters. The van der Waals surface area contributed by atoms with E-state index in [1.54, 1.807) is 0 Å². The van der Waals surface area contributed by atoms with Crippen molar-refractivity contribution >= 4 is 0 Å². The summed E-state index contributed by atoms with van der Waals surface area (Å²) >= 11 is 0. The van der Waals surface area contributed by atoms with Crippen molar-refractivity contribution in [3.8, 4) is 0 Å². The molecule has 1 aromatic rings. The summed E-state index contributed by atoms with van der Waals surface area (Å²) in [5, 5.41) is 10.2. The smallest absolute Gasteiger partial charge is 0.164 e. The molecule has 0 bridgehead atoms. The summed E-state index contributed by atoms with van der Waals surface area (Å²) in [5.74, 6) is -0.434. The van der Waals surface area contributed by atoms with Crippen LogP contribution in [0.25, 0.3) is 0 Å². The number of aliphatic hydroxyl groups is 1. The maximum atomic E-state index is 13.7. The van der Waals surface area contributed by atoms with Crippen LogP contribution in [0.4, 0.5) is 8.78 Å². The number of benzene rings is 1. The van der Waals surface area contributed by atoms with Gasteiger partial charge < -0.3 is 10.0 Å². The number of nitrogens with zero attached hydrogens (tertiary/aromatic N) is 1. The van der Waals surface area contributed by atoms with Gasteiger partial charge in [-0.25, -0.2) is 8.78 Å². The van der Waals surface area contributed by atoms with E-state index < -0.39 is 17.7 Å². The van der Waals surface area contributed by atoms with Crippen LogP contribution in [0.2, 0.25) is 0 Å². The second kappa shape index (κ2) is 7.32. The van der Waals surface area contributed by atoms with Crippen molar-refractivity contribution in [2.24, 2.45) is 11.8 Å². The first-order valence-corrected chi connectivity index (χ1v) is 7.83. The highest BCUT2D eigenvalue weighted by molar-refractivity contribution is 5.21. The van der Waals surface area contributed by atoms with Gasteiger partial charge in [0.15, 0.2) is 11.6 Å². The topological polar surface area (TPSA) is 23.5 Å². The van der Waals surface area contributed by atoms with Crippen molar-refractivity contribution in [1.29, 1.82) is 0 Å². The molecule has 1 aliphatic heterocycles. The molecular weight excluding hydrogens is 272 g/mol. The number of β-amino-alcohol motifs (C(OH)–C–C–N with tert-alkyl or cyclic N) is 1. The minimum Gasteiger partial charge on any atom is -0.387 e. The summed E-state index contributed by atoms with van der Waals surface area (Å²) in [7, 11) is 0. The monoisotopic (exact) mass is 297 g/mol. The molecule has 1 fully saturated rings. The lowest BCUT2D eigenvalue weighted by molar-refractivity contribution is 0.110. The molecule has 0 radical (unpaired) electrons. The Bertz CT molecular complexity index is 464. The van der Waals surface area contributed by atoms with Gasteiger partial charge in [0, 0.05) is 12.1 Å². The van der Waals surface area contributed by atoms with Crippen molar-refractivity contribution in [3.05, 3.63) is 35.4 Å². The third-order valence-electron chi connectivity index (χ3n) is 4.58. The average molecular weight is 297 g/mol. The molecule has 0 spiro atoms. The Labute approximate surface area is 125 Å². The second-order valence-corrected chi connectivity index (χ2v) is 6.39. The normalized spacial score (nSPS) is 22.3. The fraction of sp³-hybridized carbons (Fsp3) is 0.647. The van der Waals surface area contributed by atoms with Crippen LogP contribution in [0.1, 0.15) is 44.8 Å². The van der Waals surface area contributed by atoms with Gasteiger partial charge in [-0.1, -0.05) is 26.0 Å². The van der Waals surface area contributed by atoms with E-state index in [-0.39, 0.29) is 5.56 Å². The van der Waals surface area contributed by atoms with Crippen molar-refractivity contribution in [2.45, 2.75) is 39.2 Å². The number of rotatable bonds is 4. The lowest BCUT2D eigenvalue weighted by Crippen LogP contribution is -2.30. The zero-order chi connectivity index (χ0) is 15.4. The van der Waals surface area contributed by atoms with Crippen LogP contribution < -0.4 is 0 Å². The Morgan fingerprint density at radius 3 is 2.71 bits per heavy atom. The van der Waals surface area contributed by atoms with Gasteiger partial charge in [-0.05, 0) is 50.3 Å². The third kappa shape index (κ3) is 4.24. The Balaban J connectivity index is 1.96. The maximum absolute atomic E-state index is 13.7. The molecule has 0 aromatic heterocycles. The lowest BCUT2D eigenvalue weighted by atomic mass is 9.89. The third-order valence-corrected chi connectivity index (χ3v) is 4.58. The van der Waals surface area contributed by atoms with E-state index in [1.807, 2.05) is 0 Å². The van der Waals surface area contributed by atoms with Gasteiger partial charge in [-0.3, -0.25) is 0 Å². The van der Waals surface area contributed by atoms with Gasteiger partial charge in [0.1, 0.15) is 0 Å². The molecule has 21 heavy (non-hydrogen) atoms. The zero-order valence-electron chi connectivity index (χ0n) is 12.9. The van der Waals surface area contributed by atoms with Crippen molar-refractivity contribution < 1.29 is 13.9 Å². The van der Waals surface area contributed by atoms with Crippen LogP contribution in [0.3, 0.4) is 0 Å². The van der Waals surface area contributed by atoms with E-state index in [4.69, 9.17) is 0 Å². The van der Waals surface area contributed by atoms with Gasteiger partial charge in [0.25, 0.3) is 0 Å². The van der Waals surface area contributed by atoms with E-state index >= 15 is 0 Å². The van der Waals surface area contributed by atoms with Crippen LogP contribution >= 0.6 is 0 Å². The van der Waals surface area contributed by atoms with Crippen LogP contribution in [-0.4, -0.2) is 29.6 Å². The van der Waals surface area contributed by atoms with E-state index in [2.05, 4.69) is 18.7 Å². The van der Waals surface area contributed by atoms with E-state index in [1.165, 1.54) is 18.6 Å². The summed E-state index contributed by atoms with van der Waals surface area (Å²) in [6.07, 6.45) is 2.44. The molecule has 1 heterocycles. The SMILES string of the molecule is CC(C)C1CCCN(CC(O)c2cccc(F)c2F)CC1. The van der Waals surface area contributed by atoms with E-state index in [0.29, 0.717) is 12.5 Å². The molecular formula is C17H25F2NO. The maximum Gasteiger partial charge on any atom is 0.164 e. The number of hydrogen-bond acceptors (Lipinski definition) is 2. The summed E-state index contributed by atoms with van der Waals surface area (Å²) in [5.41, 5.74) is 0.0552. The molecule has 1 N–H and O–H groups in total. The fourth-order valence-electron chi connectivity index (χ4n) is 3.15. The van der Waals surface area contributed by atoms with E-state index in [9.17, 15) is 13.9 Å². The Morgan fingerprint density at radius 2 is 2.00 bits per heavy atom. The lowest BCUT2D eigenvalue weighted by Gasteiger charge is -2.24. The average Bonchev–Trinajstić information content (AvgIpc) is 2.67. The standard InChI is InChI=1S/C17H25F2NO/c1-12(2)13-5-4-9-20(10-8-13)11-16(21)14-6-3-7-15(18)17(14)19/h3,6-7,12-13,16,21H,4-5,8-11H2,1-2H3. The predicted octanol–water partition coefficient (Wildman–Crippen LogP) is 3.76. The summed E-state index contributed by atoms with van der Waals surface area (Å²) in [6.45, 7) is 6.69. The Kier molecular flexibility index (Phi) is 5.71. The molecule has 2 rings (SSSR count). The second-order valence-electron chi connectivity index (χ2n) is 6.39. The molecule has 0 amide bonds. The summed E-state index contributed by atoms with van der Waals surface area (Å²) in [6, 6.07) is 3.97. The molecule has 4 heteroatoms. The van der Waals surface area contributed by atoms with E-state index in [0.717, 1.165) is 37.9 Å². The molecule has 1 aromatic carbocycles. The highest BCUT2D eigenvalue weighted by Gasteiger charge is 2.23. The fourth-order valence-corrected chi connectivity index (χ4v) is 3.15. The van der Waals surface area contributed by atoms with Crippen LogP contribution in [-0.2, 0) is 0 Å². The molecule has 1 aliphatic rings. The van der Waals surface area contributed by atoms with Gasteiger partial charge in [-0.15, -0.1) is 0 Å². The highest BCUT2D eigenvalue weighted by atomic mass is 19.2. The molecule has 1 saturated heterocycles. The summed E-state index contributed by atoms with van der Waals surface area (Å²) in [4.78, 5) is 2.16. The van der Waals surface area contributed by atoms with Crippen molar-refractivity contribution in [1.82, 2.24) is 4.90 Å². The van der Waals surface area contributed by atoms with Crippen molar-refractivity contribution in [2.75, 3.05) is 19.6 Å². The quantitative estimate of drug-likeness (QED) is 0.915. The molecule has 2 nitrogen and oxygen atoms in total.